The van der Waals surface area contributed by atoms with Crippen LogP contribution in [0.1, 0.15) is 55.4 Å². The lowest BCUT2D eigenvalue weighted by atomic mass is 10.1. The number of nitrogens with one attached hydrogen (secondary N) is 4. The summed E-state index contributed by atoms with van der Waals surface area (Å²) in [5.74, 6) is 0.556. The van der Waals surface area contributed by atoms with Crippen LogP contribution in [0.4, 0.5) is 9.59 Å². The van der Waals surface area contributed by atoms with Crippen molar-refractivity contribution in [2.45, 2.75) is 72.1 Å². The maximum Gasteiger partial charge on any atom is 0.408 e. The fourth-order valence-electron chi connectivity index (χ4n) is 1.81. The molecule has 0 aliphatic heterocycles. The summed E-state index contributed by atoms with van der Waals surface area (Å²) in [7, 11) is 1.64. The predicted octanol–water partition coefficient (Wildman–Crippen LogP) is 2.60. The number of halogens is 1. The van der Waals surface area contributed by atoms with Gasteiger partial charge in [0, 0.05) is 26.7 Å². The highest BCUT2D eigenvalue weighted by atomic mass is 127. The van der Waals surface area contributed by atoms with Crippen molar-refractivity contribution in [2.24, 2.45) is 4.99 Å². The molecule has 0 bridgehead atoms. The Labute approximate surface area is 186 Å². The highest BCUT2D eigenvalue weighted by molar-refractivity contribution is 14.0. The highest BCUT2D eigenvalue weighted by Crippen LogP contribution is 2.09. The van der Waals surface area contributed by atoms with Crippen LogP contribution in [-0.2, 0) is 9.47 Å². The number of carbonyl (C=O) groups is 2. The molecule has 0 spiro atoms. The van der Waals surface area contributed by atoms with Gasteiger partial charge < -0.3 is 30.7 Å². The van der Waals surface area contributed by atoms with Crippen molar-refractivity contribution in [1.29, 1.82) is 0 Å². The van der Waals surface area contributed by atoms with E-state index in [0.717, 1.165) is 0 Å². The lowest BCUT2D eigenvalue weighted by molar-refractivity contribution is 0.0471. The Morgan fingerprint density at radius 1 is 0.786 bits per heavy atom. The minimum absolute atomic E-state index is 0. The summed E-state index contributed by atoms with van der Waals surface area (Å²) in [6.45, 7) is 15.9. The molecule has 0 aromatic rings. The van der Waals surface area contributed by atoms with Crippen LogP contribution in [0.15, 0.2) is 4.99 Å². The number of aliphatic imine (C=N–C) groups is 1. The Kier molecular flexibility index (Phi) is 12.5. The Morgan fingerprint density at radius 3 is 1.71 bits per heavy atom. The molecule has 0 aliphatic carbocycles. The number of hydrogen-bond donors (Lipinski definition) is 4. The van der Waals surface area contributed by atoms with Crippen molar-refractivity contribution in [1.82, 2.24) is 21.3 Å². The van der Waals surface area contributed by atoms with E-state index >= 15 is 0 Å². The largest absolute Gasteiger partial charge is 0.444 e. The summed E-state index contributed by atoms with van der Waals surface area (Å²) < 4.78 is 10.4. The number of carbonyl (C=O) groups excluding carboxylic acids is 2. The van der Waals surface area contributed by atoms with Gasteiger partial charge in [-0.2, -0.15) is 0 Å². The van der Waals surface area contributed by atoms with E-state index in [9.17, 15) is 9.59 Å². The molecule has 0 aliphatic rings. The number of alkyl carbamates (subject to hydrolysis) is 2. The Morgan fingerprint density at radius 2 is 1.25 bits per heavy atom. The number of rotatable bonds is 6. The van der Waals surface area contributed by atoms with Gasteiger partial charge in [0.1, 0.15) is 11.2 Å². The van der Waals surface area contributed by atoms with Crippen LogP contribution in [-0.4, -0.2) is 61.6 Å². The molecule has 2 amide bonds. The van der Waals surface area contributed by atoms with Crippen molar-refractivity contribution in [3.63, 3.8) is 0 Å². The summed E-state index contributed by atoms with van der Waals surface area (Å²) in [4.78, 5) is 27.6. The van der Waals surface area contributed by atoms with Crippen LogP contribution in [0.5, 0.6) is 0 Å². The first-order valence-corrected chi connectivity index (χ1v) is 9.06. The molecule has 0 fully saturated rings. The zero-order valence-electron chi connectivity index (χ0n) is 18.6. The smallest absolute Gasteiger partial charge is 0.408 e. The molecule has 9 nitrogen and oxygen atoms in total. The average molecular weight is 515 g/mol. The van der Waals surface area contributed by atoms with Gasteiger partial charge in [-0.1, -0.05) is 0 Å². The van der Waals surface area contributed by atoms with Gasteiger partial charge in [0.2, 0.25) is 0 Å². The normalized spacial score (nSPS) is 12.4. The summed E-state index contributed by atoms with van der Waals surface area (Å²) >= 11 is 0. The molecule has 0 heterocycles. The fraction of sp³-hybridized carbons (Fsp3) is 0.833. The maximum atomic E-state index is 11.9. The van der Waals surface area contributed by atoms with Gasteiger partial charge in [-0.25, -0.2) is 9.59 Å². The summed E-state index contributed by atoms with van der Waals surface area (Å²) in [6, 6.07) is 0. The van der Waals surface area contributed by atoms with Crippen molar-refractivity contribution in [2.75, 3.05) is 26.7 Å². The van der Waals surface area contributed by atoms with E-state index in [2.05, 4.69) is 26.3 Å². The van der Waals surface area contributed by atoms with Crippen molar-refractivity contribution >= 4 is 42.1 Å². The molecule has 0 saturated heterocycles. The molecule has 0 rings (SSSR count). The maximum absolute atomic E-state index is 11.9. The van der Waals surface area contributed by atoms with Gasteiger partial charge in [0.25, 0.3) is 0 Å². The molecule has 0 unspecified atom stereocenters. The molecule has 0 saturated carbocycles. The second kappa shape index (κ2) is 12.2. The first kappa shape index (κ1) is 28.7. The van der Waals surface area contributed by atoms with E-state index in [1.54, 1.807) is 7.05 Å². The van der Waals surface area contributed by atoms with E-state index in [-0.39, 0.29) is 24.0 Å². The molecule has 0 aromatic carbocycles. The number of guanidine groups is 1. The molecular formula is C18H38IN5O4. The third kappa shape index (κ3) is 16.7. The number of nitrogens with zero attached hydrogens (tertiary/aromatic N) is 1. The van der Waals surface area contributed by atoms with Crippen molar-refractivity contribution < 1.29 is 19.1 Å². The molecule has 0 radical (unpaired) electrons. The second-order valence-electron chi connectivity index (χ2n) is 8.79. The zero-order chi connectivity index (χ0) is 21.3. The Balaban J connectivity index is 0. The van der Waals surface area contributed by atoms with Gasteiger partial charge in [-0.15, -0.1) is 24.0 Å². The SMILES string of the molecule is CN=C(NCCNC(=O)OC(C)(C)C)NCC(C)(C)NC(=O)OC(C)(C)C.I. The van der Waals surface area contributed by atoms with Gasteiger partial charge in [-0.05, 0) is 55.4 Å². The van der Waals surface area contributed by atoms with Crippen LogP contribution in [0, 0.1) is 0 Å². The number of ether oxygens (including phenoxy) is 2. The molecule has 28 heavy (non-hydrogen) atoms. The minimum Gasteiger partial charge on any atom is -0.444 e. The van der Waals surface area contributed by atoms with Gasteiger partial charge in [0.05, 0.1) is 5.54 Å². The van der Waals surface area contributed by atoms with Crippen LogP contribution >= 0.6 is 24.0 Å². The molecular weight excluding hydrogens is 477 g/mol. The van der Waals surface area contributed by atoms with Crippen molar-refractivity contribution in [3.8, 4) is 0 Å². The van der Waals surface area contributed by atoms with E-state index in [1.807, 2.05) is 55.4 Å². The lowest BCUT2D eigenvalue weighted by Gasteiger charge is -2.29. The topological polar surface area (TPSA) is 113 Å². The fourth-order valence-corrected chi connectivity index (χ4v) is 1.81. The lowest BCUT2D eigenvalue weighted by Crippen LogP contribution is -2.54. The van der Waals surface area contributed by atoms with E-state index in [4.69, 9.17) is 9.47 Å². The standard InChI is InChI=1S/C18H37N5O4.HI/c1-16(2,3)26-14(24)21-11-10-20-13(19-9)22-12-18(7,8)23-15(25)27-17(4,5)6;/h10-12H2,1-9H3,(H,21,24)(H,23,25)(H2,19,20,22);1H. The number of hydrogen-bond acceptors (Lipinski definition) is 5. The van der Waals surface area contributed by atoms with Crippen LogP contribution in [0.25, 0.3) is 0 Å². The molecule has 166 valence electrons. The van der Waals surface area contributed by atoms with E-state index < -0.39 is 28.9 Å². The third-order valence-corrected chi connectivity index (χ3v) is 2.85. The quantitative estimate of drug-likeness (QED) is 0.187. The van der Waals surface area contributed by atoms with Crippen molar-refractivity contribution in [3.05, 3.63) is 0 Å². The monoisotopic (exact) mass is 515 g/mol. The third-order valence-electron chi connectivity index (χ3n) is 2.85. The first-order valence-electron chi connectivity index (χ1n) is 9.06. The molecule has 0 atom stereocenters. The average Bonchev–Trinajstić information content (AvgIpc) is 2.41. The van der Waals surface area contributed by atoms with Gasteiger partial charge >= 0.3 is 12.2 Å². The van der Waals surface area contributed by atoms with Crippen LogP contribution < -0.4 is 21.3 Å². The van der Waals surface area contributed by atoms with Gasteiger partial charge in [0.15, 0.2) is 5.96 Å². The molecule has 4 N–H and O–H groups in total. The van der Waals surface area contributed by atoms with Crippen LogP contribution in [0.3, 0.4) is 0 Å². The summed E-state index contributed by atoms with van der Waals surface area (Å²) in [5, 5.41) is 11.7. The summed E-state index contributed by atoms with van der Waals surface area (Å²) in [5.41, 5.74) is -1.62. The Hall–Kier alpha value is -1.46. The molecule has 0 aromatic heterocycles. The minimum atomic E-state index is -0.549. The Bertz CT molecular complexity index is 525. The second-order valence-corrected chi connectivity index (χ2v) is 8.79. The number of amides is 2. The first-order chi connectivity index (χ1) is 12.1. The highest BCUT2D eigenvalue weighted by Gasteiger charge is 2.24. The van der Waals surface area contributed by atoms with E-state index in [1.165, 1.54) is 0 Å². The van der Waals surface area contributed by atoms with E-state index in [0.29, 0.717) is 25.6 Å². The zero-order valence-corrected chi connectivity index (χ0v) is 20.9. The molecule has 10 heteroatoms. The summed E-state index contributed by atoms with van der Waals surface area (Å²) in [6.07, 6.45) is -0.936. The van der Waals surface area contributed by atoms with Crippen LogP contribution in [0.2, 0.25) is 0 Å². The predicted molar refractivity (Wildman–Crippen MR) is 122 cm³/mol. The van der Waals surface area contributed by atoms with Gasteiger partial charge in [-0.3, -0.25) is 4.99 Å².